The van der Waals surface area contributed by atoms with Crippen LogP contribution in [0.15, 0.2) is 72.5 Å². The van der Waals surface area contributed by atoms with Crippen LogP contribution in [-0.2, 0) is 13.1 Å². The standard InChI is InChI=1S/C19H17N5S/c1-2-6-15(7-3-1)12-24-13-16(11-22-24)21-10-17-14-25-19(23-17)18-8-4-5-9-20-18/h1-9,11,13-14,21H,10,12H2. The quantitative estimate of drug-likeness (QED) is 0.571. The minimum atomic E-state index is 0.667. The molecule has 124 valence electrons. The molecule has 4 rings (SSSR count). The average Bonchev–Trinajstić information content (AvgIpc) is 3.31. The summed E-state index contributed by atoms with van der Waals surface area (Å²) in [5.41, 5.74) is 4.14. The van der Waals surface area contributed by atoms with Gasteiger partial charge in [-0.3, -0.25) is 9.67 Å². The monoisotopic (exact) mass is 347 g/mol. The molecule has 0 bridgehead atoms. The van der Waals surface area contributed by atoms with Gasteiger partial charge in [0, 0.05) is 17.8 Å². The number of thiazole rings is 1. The van der Waals surface area contributed by atoms with Gasteiger partial charge < -0.3 is 5.32 Å². The van der Waals surface area contributed by atoms with E-state index in [0.29, 0.717) is 6.54 Å². The molecule has 0 radical (unpaired) electrons. The summed E-state index contributed by atoms with van der Waals surface area (Å²) in [5, 5.41) is 10.8. The number of nitrogens with one attached hydrogen (secondary N) is 1. The summed E-state index contributed by atoms with van der Waals surface area (Å²) in [5.74, 6) is 0. The fourth-order valence-corrected chi connectivity index (χ4v) is 3.29. The lowest BCUT2D eigenvalue weighted by molar-refractivity contribution is 0.687. The van der Waals surface area contributed by atoms with Crippen molar-refractivity contribution in [2.24, 2.45) is 0 Å². The Bertz CT molecular complexity index is 931. The fourth-order valence-electron chi connectivity index (χ4n) is 2.50. The smallest absolute Gasteiger partial charge is 0.142 e. The third kappa shape index (κ3) is 3.92. The van der Waals surface area contributed by atoms with Crippen molar-refractivity contribution in [2.75, 3.05) is 5.32 Å². The summed E-state index contributed by atoms with van der Waals surface area (Å²) in [6.45, 7) is 1.43. The van der Waals surface area contributed by atoms with Crippen LogP contribution in [0.3, 0.4) is 0 Å². The summed E-state index contributed by atoms with van der Waals surface area (Å²) in [7, 11) is 0. The van der Waals surface area contributed by atoms with Crippen molar-refractivity contribution >= 4 is 17.0 Å². The number of anilines is 1. The van der Waals surface area contributed by atoms with Crippen molar-refractivity contribution in [1.29, 1.82) is 0 Å². The zero-order chi connectivity index (χ0) is 16.9. The molecule has 0 spiro atoms. The van der Waals surface area contributed by atoms with Crippen molar-refractivity contribution in [1.82, 2.24) is 19.7 Å². The third-order valence-electron chi connectivity index (χ3n) is 3.73. The van der Waals surface area contributed by atoms with E-state index in [9.17, 15) is 0 Å². The Labute approximate surface area is 150 Å². The van der Waals surface area contributed by atoms with Crippen molar-refractivity contribution in [2.45, 2.75) is 13.1 Å². The van der Waals surface area contributed by atoms with Gasteiger partial charge in [0.05, 0.1) is 36.4 Å². The molecule has 0 aliphatic rings. The number of hydrogen-bond acceptors (Lipinski definition) is 5. The summed E-state index contributed by atoms with van der Waals surface area (Å²) >= 11 is 1.61. The van der Waals surface area contributed by atoms with Gasteiger partial charge in [0.1, 0.15) is 5.01 Å². The van der Waals surface area contributed by atoms with E-state index in [-0.39, 0.29) is 0 Å². The number of aromatic nitrogens is 4. The van der Waals surface area contributed by atoms with E-state index in [2.05, 4.69) is 37.9 Å². The molecule has 0 fully saturated rings. The zero-order valence-electron chi connectivity index (χ0n) is 13.5. The molecule has 0 amide bonds. The van der Waals surface area contributed by atoms with Gasteiger partial charge in [-0.2, -0.15) is 5.10 Å². The molecule has 3 heterocycles. The summed E-state index contributed by atoms with van der Waals surface area (Å²) < 4.78 is 1.93. The second-order valence-electron chi connectivity index (χ2n) is 5.62. The largest absolute Gasteiger partial charge is 0.377 e. The molecule has 4 aromatic rings. The zero-order valence-corrected chi connectivity index (χ0v) is 14.4. The number of rotatable bonds is 6. The Morgan fingerprint density at radius 2 is 1.92 bits per heavy atom. The third-order valence-corrected chi connectivity index (χ3v) is 4.64. The Kier molecular flexibility index (Phi) is 4.52. The first-order valence-corrected chi connectivity index (χ1v) is 8.91. The molecule has 0 aliphatic heterocycles. The Morgan fingerprint density at radius 1 is 1.04 bits per heavy atom. The number of benzene rings is 1. The Hall–Kier alpha value is -2.99. The van der Waals surface area contributed by atoms with Crippen LogP contribution in [0.2, 0.25) is 0 Å². The maximum Gasteiger partial charge on any atom is 0.142 e. The normalized spacial score (nSPS) is 10.7. The van der Waals surface area contributed by atoms with Gasteiger partial charge in [0.25, 0.3) is 0 Å². The van der Waals surface area contributed by atoms with E-state index in [4.69, 9.17) is 0 Å². The van der Waals surface area contributed by atoms with Crippen LogP contribution in [0, 0.1) is 0 Å². The molecular weight excluding hydrogens is 330 g/mol. The van der Waals surface area contributed by atoms with Crippen LogP contribution in [-0.4, -0.2) is 19.7 Å². The topological polar surface area (TPSA) is 55.6 Å². The second-order valence-corrected chi connectivity index (χ2v) is 6.48. The van der Waals surface area contributed by atoms with Crippen molar-refractivity contribution in [3.8, 4) is 10.7 Å². The molecule has 3 aromatic heterocycles. The van der Waals surface area contributed by atoms with Crippen LogP contribution in [0.5, 0.6) is 0 Å². The highest BCUT2D eigenvalue weighted by molar-refractivity contribution is 7.13. The van der Waals surface area contributed by atoms with Crippen LogP contribution in [0.4, 0.5) is 5.69 Å². The molecule has 0 saturated heterocycles. The Morgan fingerprint density at radius 3 is 2.76 bits per heavy atom. The van der Waals surface area contributed by atoms with Crippen LogP contribution in [0.1, 0.15) is 11.3 Å². The average molecular weight is 347 g/mol. The lowest BCUT2D eigenvalue weighted by atomic mass is 10.2. The highest BCUT2D eigenvalue weighted by atomic mass is 32.1. The molecule has 1 N–H and O–H groups in total. The lowest BCUT2D eigenvalue weighted by Crippen LogP contribution is -2.00. The summed E-state index contributed by atoms with van der Waals surface area (Å²) in [6, 6.07) is 16.2. The van der Waals surface area contributed by atoms with Crippen LogP contribution in [0.25, 0.3) is 10.7 Å². The minimum absolute atomic E-state index is 0.667. The molecule has 0 saturated carbocycles. The van der Waals surface area contributed by atoms with E-state index in [1.54, 1.807) is 17.5 Å². The Balaban J connectivity index is 1.37. The van der Waals surface area contributed by atoms with Gasteiger partial charge >= 0.3 is 0 Å². The van der Waals surface area contributed by atoms with E-state index in [0.717, 1.165) is 28.6 Å². The summed E-state index contributed by atoms with van der Waals surface area (Å²) in [4.78, 5) is 8.97. The molecule has 0 aliphatic carbocycles. The van der Waals surface area contributed by atoms with E-state index in [1.807, 2.05) is 53.5 Å². The molecule has 0 atom stereocenters. The molecular formula is C19H17N5S. The number of nitrogens with zero attached hydrogens (tertiary/aromatic N) is 4. The predicted octanol–water partition coefficient (Wildman–Crippen LogP) is 4.06. The minimum Gasteiger partial charge on any atom is -0.377 e. The maximum atomic E-state index is 4.64. The van der Waals surface area contributed by atoms with Gasteiger partial charge in [0.15, 0.2) is 0 Å². The van der Waals surface area contributed by atoms with Gasteiger partial charge in [-0.1, -0.05) is 36.4 Å². The van der Waals surface area contributed by atoms with Gasteiger partial charge in [-0.15, -0.1) is 11.3 Å². The highest BCUT2D eigenvalue weighted by Gasteiger charge is 2.06. The second kappa shape index (κ2) is 7.27. The first-order valence-electron chi connectivity index (χ1n) is 8.03. The number of hydrogen-bond donors (Lipinski definition) is 1. The van der Waals surface area contributed by atoms with Crippen molar-refractivity contribution in [3.05, 3.63) is 83.8 Å². The molecule has 1 aromatic carbocycles. The first-order chi connectivity index (χ1) is 12.4. The molecule has 0 unspecified atom stereocenters. The first kappa shape index (κ1) is 15.5. The number of pyridine rings is 1. The lowest BCUT2D eigenvalue weighted by Gasteiger charge is -2.02. The summed E-state index contributed by atoms with van der Waals surface area (Å²) in [6.07, 6.45) is 5.64. The highest BCUT2D eigenvalue weighted by Crippen LogP contribution is 2.21. The van der Waals surface area contributed by atoms with Crippen molar-refractivity contribution < 1.29 is 0 Å². The van der Waals surface area contributed by atoms with E-state index < -0.39 is 0 Å². The van der Waals surface area contributed by atoms with Crippen LogP contribution < -0.4 is 5.32 Å². The van der Waals surface area contributed by atoms with Gasteiger partial charge in [-0.25, -0.2) is 4.98 Å². The van der Waals surface area contributed by atoms with Crippen LogP contribution >= 0.6 is 11.3 Å². The predicted molar refractivity (Wildman–Crippen MR) is 100 cm³/mol. The van der Waals surface area contributed by atoms with Crippen molar-refractivity contribution in [3.63, 3.8) is 0 Å². The SMILES string of the molecule is c1ccc(Cn2cc(NCc3csc(-c4ccccn4)n3)cn2)cc1. The fraction of sp³-hybridized carbons (Fsp3) is 0.105. The van der Waals surface area contributed by atoms with E-state index in [1.165, 1.54) is 5.56 Å². The molecule has 5 nitrogen and oxygen atoms in total. The van der Waals surface area contributed by atoms with Gasteiger partial charge in [0.2, 0.25) is 0 Å². The van der Waals surface area contributed by atoms with E-state index >= 15 is 0 Å². The van der Waals surface area contributed by atoms with Gasteiger partial charge in [-0.05, 0) is 17.7 Å². The molecule has 25 heavy (non-hydrogen) atoms. The maximum absolute atomic E-state index is 4.64. The molecule has 6 heteroatoms.